The minimum Gasteiger partial charge on any atom is -0.375 e. The molecule has 7 heteroatoms. The summed E-state index contributed by atoms with van der Waals surface area (Å²) >= 11 is 3.17. The van der Waals surface area contributed by atoms with Gasteiger partial charge in [-0.1, -0.05) is 11.3 Å². The van der Waals surface area contributed by atoms with Crippen molar-refractivity contribution in [2.75, 3.05) is 37.7 Å². The number of aryl methyl sites for hydroxylation is 1. The number of nitrogens with one attached hydrogen (secondary N) is 1. The molecule has 100 valence electrons. The van der Waals surface area contributed by atoms with Gasteiger partial charge >= 0.3 is 0 Å². The SMILES string of the molecule is Cc1nc(N)sc1SCCC(=O)N1CCNCC1. The van der Waals surface area contributed by atoms with Crippen molar-refractivity contribution in [1.82, 2.24) is 15.2 Å². The average molecular weight is 286 g/mol. The Kier molecular flexibility index (Phi) is 4.85. The van der Waals surface area contributed by atoms with Crippen LogP contribution in [0, 0.1) is 6.92 Å². The molecule has 3 N–H and O–H groups in total. The van der Waals surface area contributed by atoms with E-state index in [4.69, 9.17) is 5.73 Å². The van der Waals surface area contributed by atoms with E-state index in [1.54, 1.807) is 11.8 Å². The first-order valence-electron chi connectivity index (χ1n) is 6.01. The Morgan fingerprint density at radius 3 is 2.89 bits per heavy atom. The Morgan fingerprint density at radius 2 is 2.28 bits per heavy atom. The van der Waals surface area contributed by atoms with Gasteiger partial charge in [0.25, 0.3) is 0 Å². The van der Waals surface area contributed by atoms with Crippen molar-refractivity contribution in [2.24, 2.45) is 0 Å². The molecular formula is C11H18N4OS2. The number of carbonyl (C=O) groups excluding carboxylic acids is 1. The van der Waals surface area contributed by atoms with Crippen LogP contribution in [0.4, 0.5) is 5.13 Å². The maximum absolute atomic E-state index is 11.9. The van der Waals surface area contributed by atoms with Crippen LogP contribution in [-0.2, 0) is 4.79 Å². The Bertz CT molecular complexity index is 415. The van der Waals surface area contributed by atoms with E-state index in [1.165, 1.54) is 11.3 Å². The van der Waals surface area contributed by atoms with Crippen molar-refractivity contribution in [3.63, 3.8) is 0 Å². The van der Waals surface area contributed by atoms with Crippen LogP contribution in [0.2, 0.25) is 0 Å². The molecule has 0 spiro atoms. The van der Waals surface area contributed by atoms with Crippen molar-refractivity contribution < 1.29 is 4.79 Å². The summed E-state index contributed by atoms with van der Waals surface area (Å²) in [6.45, 7) is 5.42. The molecule has 1 aliphatic heterocycles. The van der Waals surface area contributed by atoms with Crippen molar-refractivity contribution in [3.8, 4) is 0 Å². The fraction of sp³-hybridized carbons (Fsp3) is 0.636. The van der Waals surface area contributed by atoms with Gasteiger partial charge in [-0.25, -0.2) is 4.98 Å². The number of anilines is 1. The molecule has 2 heterocycles. The van der Waals surface area contributed by atoms with Crippen LogP contribution in [0.5, 0.6) is 0 Å². The number of nitrogens with two attached hydrogens (primary N) is 1. The number of carbonyl (C=O) groups is 1. The average Bonchev–Trinajstić information content (AvgIpc) is 2.69. The third kappa shape index (κ3) is 3.60. The number of thioether (sulfide) groups is 1. The van der Waals surface area contributed by atoms with E-state index in [2.05, 4.69) is 10.3 Å². The van der Waals surface area contributed by atoms with Crippen molar-refractivity contribution >= 4 is 34.1 Å². The molecule has 2 rings (SSSR count). The molecule has 1 amide bonds. The summed E-state index contributed by atoms with van der Waals surface area (Å²) in [6.07, 6.45) is 0.585. The number of thiazole rings is 1. The van der Waals surface area contributed by atoms with Gasteiger partial charge < -0.3 is 16.0 Å². The van der Waals surface area contributed by atoms with Gasteiger partial charge in [0.15, 0.2) is 5.13 Å². The molecule has 0 atom stereocenters. The monoisotopic (exact) mass is 286 g/mol. The molecule has 1 aromatic heterocycles. The van der Waals surface area contributed by atoms with Gasteiger partial charge in [0.1, 0.15) is 0 Å². The summed E-state index contributed by atoms with van der Waals surface area (Å²) in [6, 6.07) is 0. The van der Waals surface area contributed by atoms with Crippen LogP contribution >= 0.6 is 23.1 Å². The normalized spacial score (nSPS) is 15.9. The lowest BCUT2D eigenvalue weighted by Crippen LogP contribution is -2.46. The Balaban J connectivity index is 1.74. The Hall–Kier alpha value is -0.790. The van der Waals surface area contributed by atoms with Crippen LogP contribution in [0.3, 0.4) is 0 Å². The lowest BCUT2D eigenvalue weighted by molar-refractivity contribution is -0.131. The van der Waals surface area contributed by atoms with Crippen molar-refractivity contribution in [1.29, 1.82) is 0 Å². The topological polar surface area (TPSA) is 71.2 Å². The first-order chi connectivity index (χ1) is 8.66. The van der Waals surface area contributed by atoms with Crippen molar-refractivity contribution in [3.05, 3.63) is 5.69 Å². The third-order valence-electron chi connectivity index (χ3n) is 2.79. The minimum absolute atomic E-state index is 0.249. The lowest BCUT2D eigenvalue weighted by Gasteiger charge is -2.27. The van der Waals surface area contributed by atoms with E-state index >= 15 is 0 Å². The van der Waals surface area contributed by atoms with Gasteiger partial charge in [-0.15, -0.1) is 11.8 Å². The summed E-state index contributed by atoms with van der Waals surface area (Å²) in [4.78, 5) is 18.0. The lowest BCUT2D eigenvalue weighted by atomic mass is 10.3. The number of nitrogens with zero attached hydrogens (tertiary/aromatic N) is 2. The van der Waals surface area contributed by atoms with Gasteiger partial charge in [-0.05, 0) is 6.92 Å². The van der Waals surface area contributed by atoms with E-state index < -0.39 is 0 Å². The van der Waals surface area contributed by atoms with Gasteiger partial charge in [-0.2, -0.15) is 0 Å². The molecule has 0 aliphatic carbocycles. The van der Waals surface area contributed by atoms with E-state index in [0.717, 1.165) is 41.8 Å². The first kappa shape index (κ1) is 13.6. The summed E-state index contributed by atoms with van der Waals surface area (Å²) in [7, 11) is 0. The molecular weight excluding hydrogens is 268 g/mol. The molecule has 0 radical (unpaired) electrons. The predicted molar refractivity (Wildman–Crippen MR) is 76.1 cm³/mol. The summed E-state index contributed by atoms with van der Waals surface area (Å²) < 4.78 is 1.13. The highest BCUT2D eigenvalue weighted by molar-refractivity contribution is 8.01. The fourth-order valence-corrected chi connectivity index (χ4v) is 3.86. The first-order valence-corrected chi connectivity index (χ1v) is 7.81. The number of aromatic nitrogens is 1. The molecule has 1 fully saturated rings. The number of hydrogen-bond donors (Lipinski definition) is 2. The second kappa shape index (κ2) is 6.40. The van der Waals surface area contributed by atoms with Gasteiger partial charge in [0.2, 0.25) is 5.91 Å². The number of amides is 1. The molecule has 0 aromatic carbocycles. The number of rotatable bonds is 4. The standard InChI is InChI=1S/C11H18N4OS2/c1-8-10(18-11(12)14-8)17-7-2-9(16)15-5-3-13-4-6-15/h13H,2-7H2,1H3,(H2,12,14). The van der Waals surface area contributed by atoms with Crippen molar-refractivity contribution in [2.45, 2.75) is 17.6 Å². The van der Waals surface area contributed by atoms with Crippen LogP contribution < -0.4 is 11.1 Å². The number of piperazine rings is 1. The van der Waals surface area contributed by atoms with E-state index in [9.17, 15) is 4.79 Å². The summed E-state index contributed by atoms with van der Waals surface area (Å²) in [5, 5.41) is 3.84. The zero-order valence-electron chi connectivity index (χ0n) is 10.4. The fourth-order valence-electron chi connectivity index (χ4n) is 1.84. The molecule has 0 bridgehead atoms. The van der Waals surface area contributed by atoms with Crippen LogP contribution in [-0.4, -0.2) is 47.7 Å². The smallest absolute Gasteiger partial charge is 0.223 e. The minimum atomic E-state index is 0.249. The second-order valence-corrected chi connectivity index (χ2v) is 6.55. The maximum Gasteiger partial charge on any atom is 0.223 e. The summed E-state index contributed by atoms with van der Waals surface area (Å²) in [5.74, 6) is 1.05. The quantitative estimate of drug-likeness (QED) is 0.806. The molecule has 0 saturated carbocycles. The van der Waals surface area contributed by atoms with E-state index in [-0.39, 0.29) is 5.91 Å². The molecule has 1 aromatic rings. The molecule has 0 unspecified atom stereocenters. The second-order valence-electron chi connectivity index (χ2n) is 4.15. The van der Waals surface area contributed by atoms with Crippen LogP contribution in [0.1, 0.15) is 12.1 Å². The van der Waals surface area contributed by atoms with Crippen LogP contribution in [0.15, 0.2) is 4.21 Å². The number of nitrogen functional groups attached to an aromatic ring is 1. The zero-order valence-corrected chi connectivity index (χ0v) is 12.1. The van der Waals surface area contributed by atoms with E-state index in [0.29, 0.717) is 11.6 Å². The third-order valence-corrected chi connectivity index (χ3v) is 5.14. The summed E-state index contributed by atoms with van der Waals surface area (Å²) in [5.41, 5.74) is 6.61. The van der Waals surface area contributed by atoms with E-state index in [1.807, 2.05) is 11.8 Å². The number of hydrogen-bond acceptors (Lipinski definition) is 6. The van der Waals surface area contributed by atoms with Crippen LogP contribution in [0.25, 0.3) is 0 Å². The zero-order chi connectivity index (χ0) is 13.0. The highest BCUT2D eigenvalue weighted by Crippen LogP contribution is 2.30. The Morgan fingerprint density at radius 1 is 1.56 bits per heavy atom. The maximum atomic E-state index is 11.9. The largest absolute Gasteiger partial charge is 0.375 e. The molecule has 1 aliphatic rings. The van der Waals surface area contributed by atoms with Gasteiger partial charge in [0, 0.05) is 38.4 Å². The Labute approximate surface area is 115 Å². The highest BCUT2D eigenvalue weighted by atomic mass is 32.2. The predicted octanol–water partition coefficient (Wildman–Crippen LogP) is 0.948. The molecule has 18 heavy (non-hydrogen) atoms. The van der Waals surface area contributed by atoms with Gasteiger partial charge in [0.05, 0.1) is 9.90 Å². The molecule has 1 saturated heterocycles. The molecule has 5 nitrogen and oxygen atoms in total. The highest BCUT2D eigenvalue weighted by Gasteiger charge is 2.16. The van der Waals surface area contributed by atoms with Gasteiger partial charge in [-0.3, -0.25) is 4.79 Å².